The van der Waals surface area contributed by atoms with E-state index < -0.39 is 0 Å². The van der Waals surface area contributed by atoms with Crippen molar-refractivity contribution < 1.29 is 14.0 Å². The highest BCUT2D eigenvalue weighted by atomic mass is 16.5. The smallest absolute Gasteiger partial charge is 0.168 e. The van der Waals surface area contributed by atoms with Gasteiger partial charge in [0.15, 0.2) is 12.4 Å². The molecule has 0 saturated carbocycles. The standard InChI is InChI=1S/C33H60NO2/c1-2-3-4-5-6-7-8-9-10-11-12-13-15-19-24-32-29-33(36-30-32)31-35-28-23-17-14-16-20-25-34-26-21-18-22-27-34/h18,21-22,26-27,32-33H,2-17,19-20,23-25,28-31H2,1H3/q+1/t32-,33+/m0/s1. The second kappa shape index (κ2) is 23.2. The van der Waals surface area contributed by atoms with Gasteiger partial charge in [0.05, 0.1) is 12.7 Å². The molecule has 0 radical (unpaired) electrons. The van der Waals surface area contributed by atoms with Gasteiger partial charge in [-0.2, -0.15) is 0 Å². The summed E-state index contributed by atoms with van der Waals surface area (Å²) in [5, 5.41) is 0. The van der Waals surface area contributed by atoms with Crippen LogP contribution < -0.4 is 4.57 Å². The summed E-state index contributed by atoms with van der Waals surface area (Å²) in [4.78, 5) is 0. The van der Waals surface area contributed by atoms with Crippen LogP contribution in [0.4, 0.5) is 0 Å². The minimum Gasteiger partial charge on any atom is -0.379 e. The SMILES string of the molecule is CCCCCCCCCCCCCCCC[C@@H]1CO[C@@H](COCCCCCCC[n+]2ccccc2)C1. The van der Waals surface area contributed by atoms with E-state index in [1.54, 1.807) is 0 Å². The largest absolute Gasteiger partial charge is 0.379 e. The first kappa shape index (κ1) is 31.3. The third kappa shape index (κ3) is 17.5. The van der Waals surface area contributed by atoms with Gasteiger partial charge in [-0.25, -0.2) is 4.57 Å². The van der Waals surface area contributed by atoms with E-state index in [0.29, 0.717) is 6.10 Å². The summed E-state index contributed by atoms with van der Waals surface area (Å²) in [6.07, 6.45) is 33.8. The summed E-state index contributed by atoms with van der Waals surface area (Å²) in [5.41, 5.74) is 0. The van der Waals surface area contributed by atoms with E-state index in [0.717, 1.165) is 32.3 Å². The summed E-state index contributed by atoms with van der Waals surface area (Å²) >= 11 is 0. The van der Waals surface area contributed by atoms with Crippen molar-refractivity contribution in [3.8, 4) is 0 Å². The van der Waals surface area contributed by atoms with Crippen molar-refractivity contribution in [1.29, 1.82) is 0 Å². The van der Waals surface area contributed by atoms with Crippen molar-refractivity contribution in [2.45, 2.75) is 154 Å². The Morgan fingerprint density at radius 1 is 0.667 bits per heavy atom. The van der Waals surface area contributed by atoms with Crippen LogP contribution in [-0.4, -0.2) is 25.9 Å². The summed E-state index contributed by atoms with van der Waals surface area (Å²) in [6.45, 7) is 6.10. The van der Waals surface area contributed by atoms with E-state index in [1.807, 2.05) is 0 Å². The zero-order valence-electron chi connectivity index (χ0n) is 24.0. The molecule has 208 valence electrons. The molecule has 0 spiro atoms. The lowest BCUT2D eigenvalue weighted by Gasteiger charge is -2.10. The topological polar surface area (TPSA) is 22.3 Å². The van der Waals surface area contributed by atoms with Crippen LogP contribution in [0.3, 0.4) is 0 Å². The van der Waals surface area contributed by atoms with Crippen LogP contribution in [0.1, 0.15) is 142 Å². The van der Waals surface area contributed by atoms with Crippen LogP contribution in [0.5, 0.6) is 0 Å². The predicted molar refractivity (Wildman–Crippen MR) is 153 cm³/mol. The van der Waals surface area contributed by atoms with Crippen LogP contribution in [0.15, 0.2) is 30.6 Å². The maximum atomic E-state index is 6.01. The first-order valence-corrected chi connectivity index (χ1v) is 16.0. The van der Waals surface area contributed by atoms with Crippen LogP contribution in [0.2, 0.25) is 0 Å². The maximum absolute atomic E-state index is 6.01. The third-order valence-electron chi connectivity index (χ3n) is 7.92. The molecule has 1 fully saturated rings. The molecule has 3 heteroatoms. The fourth-order valence-corrected chi connectivity index (χ4v) is 5.55. The summed E-state index contributed by atoms with van der Waals surface area (Å²) in [5.74, 6) is 0.776. The highest BCUT2D eigenvalue weighted by molar-refractivity contribution is 4.83. The number of nitrogens with zero attached hydrogens (tertiary/aromatic N) is 1. The molecule has 0 aliphatic carbocycles. The van der Waals surface area contributed by atoms with Gasteiger partial charge < -0.3 is 9.47 Å². The summed E-state index contributed by atoms with van der Waals surface area (Å²) < 4.78 is 14.2. The second-order valence-electron chi connectivity index (χ2n) is 11.4. The van der Waals surface area contributed by atoms with E-state index >= 15 is 0 Å². The molecular formula is C33H60NO2+. The van der Waals surface area contributed by atoms with E-state index in [9.17, 15) is 0 Å². The predicted octanol–water partition coefficient (Wildman–Crippen LogP) is 9.22. The van der Waals surface area contributed by atoms with E-state index in [-0.39, 0.29) is 0 Å². The Hall–Kier alpha value is -0.930. The molecule has 1 aromatic heterocycles. The number of aryl methyl sites for hydroxylation is 1. The van der Waals surface area contributed by atoms with Crippen molar-refractivity contribution in [1.82, 2.24) is 0 Å². The van der Waals surface area contributed by atoms with Gasteiger partial charge in [0.25, 0.3) is 0 Å². The third-order valence-corrected chi connectivity index (χ3v) is 7.92. The average Bonchev–Trinajstić information content (AvgIpc) is 3.36. The van der Waals surface area contributed by atoms with Crippen molar-refractivity contribution in [3.05, 3.63) is 30.6 Å². The Kier molecular flexibility index (Phi) is 20.2. The number of rotatable bonds is 25. The minimum atomic E-state index is 0.351. The molecule has 0 bridgehead atoms. The molecule has 0 amide bonds. The van der Waals surface area contributed by atoms with Gasteiger partial charge in [-0.15, -0.1) is 0 Å². The number of aromatic nitrogens is 1. The molecule has 3 nitrogen and oxygen atoms in total. The number of ether oxygens (including phenoxy) is 2. The Morgan fingerprint density at radius 3 is 1.86 bits per heavy atom. The van der Waals surface area contributed by atoms with Gasteiger partial charge >= 0.3 is 0 Å². The van der Waals surface area contributed by atoms with Crippen LogP contribution in [0, 0.1) is 5.92 Å². The highest BCUT2D eigenvalue weighted by Gasteiger charge is 2.24. The zero-order chi connectivity index (χ0) is 25.4. The van der Waals surface area contributed by atoms with Gasteiger partial charge in [0.1, 0.15) is 6.54 Å². The molecule has 1 aliphatic rings. The minimum absolute atomic E-state index is 0.351. The highest BCUT2D eigenvalue weighted by Crippen LogP contribution is 2.25. The Morgan fingerprint density at radius 2 is 1.22 bits per heavy atom. The van der Waals surface area contributed by atoms with Crippen molar-refractivity contribution >= 4 is 0 Å². The van der Waals surface area contributed by atoms with Gasteiger partial charge in [-0.1, -0.05) is 116 Å². The fraction of sp³-hybridized carbons (Fsp3) is 0.848. The van der Waals surface area contributed by atoms with Crippen LogP contribution >= 0.6 is 0 Å². The number of hydrogen-bond donors (Lipinski definition) is 0. The van der Waals surface area contributed by atoms with E-state index in [4.69, 9.17) is 9.47 Å². The number of pyridine rings is 1. The van der Waals surface area contributed by atoms with Crippen LogP contribution in [-0.2, 0) is 16.0 Å². The first-order chi connectivity index (χ1) is 17.9. The van der Waals surface area contributed by atoms with Crippen LogP contribution in [0.25, 0.3) is 0 Å². The Bertz CT molecular complexity index is 578. The molecule has 2 rings (SSSR count). The lowest BCUT2D eigenvalue weighted by atomic mass is 9.97. The first-order valence-electron chi connectivity index (χ1n) is 16.0. The normalized spacial score (nSPS) is 17.7. The fourth-order valence-electron chi connectivity index (χ4n) is 5.55. The molecule has 0 unspecified atom stereocenters. The molecule has 1 aliphatic heterocycles. The summed E-state index contributed by atoms with van der Waals surface area (Å²) in [7, 11) is 0. The maximum Gasteiger partial charge on any atom is 0.168 e. The molecular weight excluding hydrogens is 442 g/mol. The number of unbranched alkanes of at least 4 members (excludes halogenated alkanes) is 17. The molecule has 36 heavy (non-hydrogen) atoms. The van der Waals surface area contributed by atoms with Crippen molar-refractivity contribution in [2.24, 2.45) is 5.92 Å². The van der Waals surface area contributed by atoms with Gasteiger partial charge in [-0.3, -0.25) is 0 Å². The lowest BCUT2D eigenvalue weighted by Crippen LogP contribution is -2.32. The molecule has 2 atom stereocenters. The monoisotopic (exact) mass is 502 g/mol. The Balaban J connectivity index is 1.26. The summed E-state index contributed by atoms with van der Waals surface area (Å²) in [6, 6.07) is 6.29. The molecule has 2 heterocycles. The van der Waals surface area contributed by atoms with E-state index in [2.05, 4.69) is 42.1 Å². The molecule has 0 N–H and O–H groups in total. The van der Waals surface area contributed by atoms with Gasteiger partial charge in [0, 0.05) is 31.8 Å². The van der Waals surface area contributed by atoms with Crippen molar-refractivity contribution in [3.63, 3.8) is 0 Å². The molecule has 1 aromatic rings. The quantitative estimate of drug-likeness (QED) is 0.0982. The second-order valence-corrected chi connectivity index (χ2v) is 11.4. The molecule has 0 aromatic carbocycles. The zero-order valence-corrected chi connectivity index (χ0v) is 24.0. The average molecular weight is 503 g/mol. The lowest BCUT2D eigenvalue weighted by molar-refractivity contribution is -0.697. The molecule has 1 saturated heterocycles. The van der Waals surface area contributed by atoms with Gasteiger partial charge in [-0.05, 0) is 31.6 Å². The van der Waals surface area contributed by atoms with E-state index in [1.165, 1.54) is 135 Å². The van der Waals surface area contributed by atoms with Crippen molar-refractivity contribution in [2.75, 3.05) is 19.8 Å². The Labute approximate surface area is 224 Å². The number of hydrogen-bond acceptors (Lipinski definition) is 2. The van der Waals surface area contributed by atoms with Gasteiger partial charge in [0.2, 0.25) is 0 Å².